The number of hydrogen-bond acceptors (Lipinski definition) is 4. The lowest BCUT2D eigenvalue weighted by Gasteiger charge is -2.05. The number of nitrogens with zero attached hydrogens (tertiary/aromatic N) is 1. The zero-order valence-corrected chi connectivity index (χ0v) is 14.7. The van der Waals surface area contributed by atoms with Gasteiger partial charge in [-0.1, -0.05) is 12.1 Å². The van der Waals surface area contributed by atoms with Crippen molar-refractivity contribution in [1.29, 1.82) is 0 Å². The monoisotopic (exact) mass is 385 g/mol. The van der Waals surface area contributed by atoms with Crippen LogP contribution in [0.4, 0.5) is 8.78 Å². The average Bonchev–Trinajstić information content (AvgIpc) is 3.13. The van der Waals surface area contributed by atoms with Crippen molar-refractivity contribution in [3.63, 3.8) is 0 Å². The van der Waals surface area contributed by atoms with Crippen LogP contribution in [0.25, 0.3) is 11.3 Å². The Balaban J connectivity index is 1.53. The molecule has 0 aliphatic carbocycles. The lowest BCUT2D eigenvalue weighted by atomic mass is 10.1. The minimum absolute atomic E-state index is 0.0962. The van der Waals surface area contributed by atoms with Gasteiger partial charge in [-0.05, 0) is 29.8 Å². The Morgan fingerprint density at radius 1 is 1.14 bits per heavy atom. The lowest BCUT2D eigenvalue weighted by Crippen LogP contribution is -2.23. The van der Waals surface area contributed by atoms with Crippen molar-refractivity contribution in [3.05, 3.63) is 77.3 Å². The van der Waals surface area contributed by atoms with E-state index in [1.807, 2.05) is 0 Å². The quantitative estimate of drug-likeness (QED) is 0.653. The normalized spacial score (nSPS) is 10.6. The molecule has 0 bridgehead atoms. The van der Waals surface area contributed by atoms with Crippen LogP contribution in [0, 0.1) is 11.6 Å². The van der Waals surface area contributed by atoms with Gasteiger partial charge in [-0.3, -0.25) is 9.59 Å². The predicted octanol–water partition coefficient (Wildman–Crippen LogP) is 2.97. The molecule has 0 aliphatic rings. The van der Waals surface area contributed by atoms with Crippen molar-refractivity contribution in [2.24, 2.45) is 5.73 Å². The van der Waals surface area contributed by atoms with Crippen LogP contribution < -0.4 is 11.1 Å². The molecule has 0 spiro atoms. The number of nitrogens with two attached hydrogens (primary N) is 1. The Hall–Kier alpha value is -3.55. The third-order valence-corrected chi connectivity index (χ3v) is 4.02. The third-order valence-electron chi connectivity index (χ3n) is 4.02. The van der Waals surface area contributed by atoms with Crippen molar-refractivity contribution < 1.29 is 22.8 Å². The molecule has 2 aromatic carbocycles. The summed E-state index contributed by atoms with van der Waals surface area (Å²) in [6.45, 7) is 0.248. The van der Waals surface area contributed by atoms with Gasteiger partial charge in [-0.15, -0.1) is 0 Å². The van der Waals surface area contributed by atoms with Crippen molar-refractivity contribution >= 4 is 11.8 Å². The summed E-state index contributed by atoms with van der Waals surface area (Å²) >= 11 is 0. The molecule has 1 aromatic heterocycles. The number of aryl methyl sites for hydroxylation is 1. The number of carbonyl (C=O) groups is 2. The number of primary amides is 1. The summed E-state index contributed by atoms with van der Waals surface area (Å²) in [5.74, 6) is -1.78. The standard InChI is InChI=1S/C20H17F2N3O3/c21-14-4-5-15(16(22)9-14)17-11-25-19(28-17)7-6-18(26)24-10-12-2-1-3-13(8-12)20(23)27/h1-5,8-9,11H,6-7,10H2,(H2,23,27)(H,24,26). The molecule has 0 radical (unpaired) electrons. The molecule has 0 saturated heterocycles. The first-order valence-electron chi connectivity index (χ1n) is 8.48. The van der Waals surface area contributed by atoms with E-state index in [4.69, 9.17) is 10.2 Å². The summed E-state index contributed by atoms with van der Waals surface area (Å²) in [4.78, 5) is 27.2. The maximum absolute atomic E-state index is 13.8. The molecule has 144 valence electrons. The molecule has 2 amide bonds. The van der Waals surface area contributed by atoms with Crippen LogP contribution in [0.3, 0.4) is 0 Å². The van der Waals surface area contributed by atoms with E-state index in [0.717, 1.165) is 17.7 Å². The van der Waals surface area contributed by atoms with Crippen LogP contribution in [0.2, 0.25) is 0 Å². The van der Waals surface area contributed by atoms with Crippen LogP contribution in [0.15, 0.2) is 53.1 Å². The van der Waals surface area contributed by atoms with Gasteiger partial charge >= 0.3 is 0 Å². The van der Waals surface area contributed by atoms with Crippen molar-refractivity contribution in [3.8, 4) is 11.3 Å². The Kier molecular flexibility index (Phi) is 5.78. The largest absolute Gasteiger partial charge is 0.441 e. The van der Waals surface area contributed by atoms with Gasteiger partial charge in [0.25, 0.3) is 0 Å². The number of oxazole rings is 1. The Morgan fingerprint density at radius 3 is 2.71 bits per heavy atom. The van der Waals surface area contributed by atoms with Crippen LogP contribution in [-0.4, -0.2) is 16.8 Å². The van der Waals surface area contributed by atoms with Gasteiger partial charge < -0.3 is 15.5 Å². The summed E-state index contributed by atoms with van der Waals surface area (Å²) in [7, 11) is 0. The van der Waals surface area contributed by atoms with Gasteiger partial charge in [0.1, 0.15) is 11.6 Å². The first kappa shape index (κ1) is 19.2. The van der Waals surface area contributed by atoms with E-state index in [1.165, 1.54) is 12.3 Å². The second kappa shape index (κ2) is 8.43. The van der Waals surface area contributed by atoms with Crippen LogP contribution in [0.1, 0.15) is 28.2 Å². The molecule has 6 nitrogen and oxygen atoms in total. The smallest absolute Gasteiger partial charge is 0.248 e. The molecule has 3 rings (SSSR count). The van der Waals surface area contributed by atoms with Gasteiger partial charge in [0.15, 0.2) is 11.7 Å². The SMILES string of the molecule is NC(=O)c1cccc(CNC(=O)CCc2ncc(-c3ccc(F)cc3F)o2)c1. The predicted molar refractivity (Wildman–Crippen MR) is 97.0 cm³/mol. The fourth-order valence-electron chi connectivity index (χ4n) is 2.58. The van der Waals surface area contributed by atoms with E-state index < -0.39 is 17.5 Å². The molecular formula is C20H17F2N3O3. The number of rotatable bonds is 7. The fraction of sp³-hybridized carbons (Fsp3) is 0.150. The number of halogens is 2. The number of hydrogen-bond donors (Lipinski definition) is 2. The number of aromatic nitrogens is 1. The minimum atomic E-state index is -0.751. The highest BCUT2D eigenvalue weighted by molar-refractivity contribution is 5.92. The second-order valence-corrected chi connectivity index (χ2v) is 6.08. The highest BCUT2D eigenvalue weighted by atomic mass is 19.1. The van der Waals surface area contributed by atoms with Gasteiger partial charge in [0.2, 0.25) is 11.8 Å². The molecule has 0 fully saturated rings. The molecule has 0 aliphatic heterocycles. The Morgan fingerprint density at radius 2 is 1.96 bits per heavy atom. The van der Waals surface area contributed by atoms with Gasteiger partial charge in [-0.2, -0.15) is 0 Å². The number of amides is 2. The summed E-state index contributed by atoms with van der Waals surface area (Å²) in [6.07, 6.45) is 1.66. The van der Waals surface area contributed by atoms with E-state index in [1.54, 1.807) is 24.3 Å². The Bertz CT molecular complexity index is 1020. The van der Waals surface area contributed by atoms with Crippen molar-refractivity contribution in [1.82, 2.24) is 10.3 Å². The summed E-state index contributed by atoms with van der Waals surface area (Å²) < 4.78 is 32.2. The molecule has 0 unspecified atom stereocenters. The molecule has 28 heavy (non-hydrogen) atoms. The molecule has 3 aromatic rings. The number of benzene rings is 2. The van der Waals surface area contributed by atoms with E-state index in [0.29, 0.717) is 5.56 Å². The van der Waals surface area contributed by atoms with Crippen LogP contribution in [-0.2, 0) is 17.8 Å². The van der Waals surface area contributed by atoms with Crippen LogP contribution in [0.5, 0.6) is 0 Å². The molecule has 0 saturated carbocycles. The highest BCUT2D eigenvalue weighted by Gasteiger charge is 2.13. The average molecular weight is 385 g/mol. The summed E-state index contributed by atoms with van der Waals surface area (Å²) in [5, 5.41) is 2.73. The molecule has 8 heteroatoms. The van der Waals surface area contributed by atoms with E-state index in [9.17, 15) is 18.4 Å². The molecular weight excluding hydrogens is 368 g/mol. The summed E-state index contributed by atoms with van der Waals surface area (Å²) in [5.41, 5.74) is 6.43. The highest BCUT2D eigenvalue weighted by Crippen LogP contribution is 2.24. The van der Waals surface area contributed by atoms with Crippen molar-refractivity contribution in [2.45, 2.75) is 19.4 Å². The van der Waals surface area contributed by atoms with Gasteiger partial charge in [0.05, 0.1) is 11.8 Å². The number of carbonyl (C=O) groups excluding carboxylic acids is 2. The molecule has 1 heterocycles. The summed E-state index contributed by atoms with van der Waals surface area (Å²) in [6, 6.07) is 9.81. The first-order valence-corrected chi connectivity index (χ1v) is 8.48. The molecule has 0 atom stereocenters. The molecule has 3 N–H and O–H groups in total. The van der Waals surface area contributed by atoms with E-state index in [2.05, 4.69) is 10.3 Å². The third kappa shape index (κ3) is 4.79. The van der Waals surface area contributed by atoms with Gasteiger partial charge in [-0.25, -0.2) is 13.8 Å². The number of nitrogens with one attached hydrogen (secondary N) is 1. The van der Waals surface area contributed by atoms with Gasteiger partial charge in [0, 0.05) is 31.0 Å². The lowest BCUT2D eigenvalue weighted by molar-refractivity contribution is -0.121. The maximum atomic E-state index is 13.8. The fourth-order valence-corrected chi connectivity index (χ4v) is 2.58. The second-order valence-electron chi connectivity index (χ2n) is 6.08. The minimum Gasteiger partial charge on any atom is -0.441 e. The van der Waals surface area contributed by atoms with E-state index in [-0.39, 0.29) is 42.5 Å². The van der Waals surface area contributed by atoms with Crippen molar-refractivity contribution in [2.75, 3.05) is 0 Å². The topological polar surface area (TPSA) is 98.2 Å². The van der Waals surface area contributed by atoms with E-state index >= 15 is 0 Å². The Labute approximate surface area is 159 Å². The first-order chi connectivity index (χ1) is 13.4. The van der Waals surface area contributed by atoms with Crippen LogP contribution >= 0.6 is 0 Å². The zero-order valence-electron chi connectivity index (χ0n) is 14.7. The zero-order chi connectivity index (χ0) is 20.1. The maximum Gasteiger partial charge on any atom is 0.248 e.